The monoisotopic (exact) mass is 347 g/mol. The molecule has 2 rings (SSSR count). The number of benzene rings is 1. The van der Waals surface area contributed by atoms with Crippen molar-refractivity contribution in [2.75, 3.05) is 5.73 Å². The summed E-state index contributed by atoms with van der Waals surface area (Å²) >= 11 is 3.52. The highest BCUT2D eigenvalue weighted by Crippen LogP contribution is 2.32. The fraction of sp³-hybridized carbons (Fsp3) is 0.412. The van der Waals surface area contributed by atoms with Crippen LogP contribution >= 0.6 is 15.9 Å². The lowest BCUT2D eigenvalue weighted by Crippen LogP contribution is -2.24. The number of nitrogens with two attached hydrogens (primary N) is 1. The number of anilines is 1. The third kappa shape index (κ3) is 3.43. The first-order chi connectivity index (χ1) is 9.82. The Morgan fingerprint density at radius 3 is 2.33 bits per heavy atom. The molecule has 2 aromatic rings. The fourth-order valence-corrected chi connectivity index (χ4v) is 2.64. The van der Waals surface area contributed by atoms with Gasteiger partial charge in [-0.3, -0.25) is 0 Å². The van der Waals surface area contributed by atoms with Crippen LogP contribution in [0.25, 0.3) is 0 Å². The summed E-state index contributed by atoms with van der Waals surface area (Å²) in [6, 6.07) is 10.3. The highest BCUT2D eigenvalue weighted by molar-refractivity contribution is 9.10. The molecule has 0 amide bonds. The van der Waals surface area contributed by atoms with Gasteiger partial charge in [0, 0.05) is 5.41 Å². The van der Waals surface area contributed by atoms with Crippen LogP contribution in [0.15, 0.2) is 34.8 Å². The number of aromatic nitrogens is 2. The van der Waals surface area contributed by atoms with Crippen molar-refractivity contribution in [2.45, 2.75) is 39.5 Å². The van der Waals surface area contributed by atoms with Gasteiger partial charge in [0.05, 0.1) is 10.2 Å². The summed E-state index contributed by atoms with van der Waals surface area (Å²) in [6.07, 6.45) is 0.880. The third-order valence-electron chi connectivity index (χ3n) is 3.60. The van der Waals surface area contributed by atoms with Crippen molar-refractivity contribution in [3.05, 3.63) is 51.9 Å². The van der Waals surface area contributed by atoms with Gasteiger partial charge in [0.25, 0.3) is 0 Å². The van der Waals surface area contributed by atoms with Crippen molar-refractivity contribution in [3.8, 4) is 0 Å². The quantitative estimate of drug-likeness (QED) is 0.894. The van der Waals surface area contributed by atoms with Crippen molar-refractivity contribution in [2.24, 2.45) is 5.92 Å². The van der Waals surface area contributed by atoms with Gasteiger partial charge in [0.1, 0.15) is 11.6 Å². The molecule has 0 radical (unpaired) electrons. The minimum Gasteiger partial charge on any atom is -0.383 e. The molecule has 3 nitrogen and oxygen atoms in total. The molecule has 0 spiro atoms. The minimum atomic E-state index is -0.276. The van der Waals surface area contributed by atoms with Crippen molar-refractivity contribution in [1.82, 2.24) is 9.97 Å². The molecule has 4 heteroatoms. The molecule has 0 fully saturated rings. The van der Waals surface area contributed by atoms with Gasteiger partial charge in [-0.2, -0.15) is 0 Å². The van der Waals surface area contributed by atoms with E-state index in [1.54, 1.807) is 0 Å². The minimum absolute atomic E-state index is 0.276. The molecule has 1 heterocycles. The molecule has 1 aromatic carbocycles. The number of rotatable bonds is 4. The fourth-order valence-electron chi connectivity index (χ4n) is 2.30. The Kier molecular flexibility index (Phi) is 4.67. The maximum atomic E-state index is 6.07. The van der Waals surface area contributed by atoms with Crippen molar-refractivity contribution >= 4 is 21.7 Å². The molecule has 0 aliphatic rings. The molecule has 0 saturated carbocycles. The van der Waals surface area contributed by atoms with E-state index in [1.165, 1.54) is 5.56 Å². The summed E-state index contributed by atoms with van der Waals surface area (Å²) in [5.41, 5.74) is 7.96. The summed E-state index contributed by atoms with van der Waals surface area (Å²) in [5, 5.41) is 0. The van der Waals surface area contributed by atoms with Gasteiger partial charge < -0.3 is 5.73 Å². The van der Waals surface area contributed by atoms with Crippen LogP contribution in [0.3, 0.4) is 0 Å². The zero-order valence-corrected chi connectivity index (χ0v) is 14.6. The van der Waals surface area contributed by atoms with Gasteiger partial charge in [-0.1, -0.05) is 44.2 Å². The van der Waals surface area contributed by atoms with E-state index >= 15 is 0 Å². The molecule has 0 saturated heterocycles. The van der Waals surface area contributed by atoms with E-state index in [0.29, 0.717) is 11.7 Å². The maximum Gasteiger partial charge on any atom is 0.141 e. The number of hydrogen-bond acceptors (Lipinski definition) is 3. The molecule has 1 aromatic heterocycles. The van der Waals surface area contributed by atoms with Gasteiger partial charge >= 0.3 is 0 Å². The molecule has 21 heavy (non-hydrogen) atoms. The smallest absolute Gasteiger partial charge is 0.141 e. The number of hydrogen-bond donors (Lipinski definition) is 1. The Morgan fingerprint density at radius 2 is 1.76 bits per heavy atom. The first-order valence-corrected chi connectivity index (χ1v) is 7.99. The maximum absolute atomic E-state index is 6.07. The van der Waals surface area contributed by atoms with Gasteiger partial charge in [-0.15, -0.1) is 0 Å². The molecule has 0 unspecified atom stereocenters. The second-order valence-electron chi connectivity index (χ2n) is 6.28. The second-order valence-corrected chi connectivity index (χ2v) is 7.08. The molecular formula is C17H22BrN3. The standard InChI is InChI=1S/C17H22BrN3/c1-11(2)10-13-14(18)15(19)21-16(20-13)17(3,4)12-8-6-5-7-9-12/h5-9,11H,10H2,1-4H3,(H2,19,20,21). The average Bonchev–Trinajstić information content (AvgIpc) is 2.44. The predicted molar refractivity (Wildman–Crippen MR) is 91.3 cm³/mol. The SMILES string of the molecule is CC(C)Cc1nc(C(C)(C)c2ccccc2)nc(N)c1Br. The molecule has 0 atom stereocenters. The molecule has 0 aliphatic carbocycles. The zero-order chi connectivity index (χ0) is 15.6. The van der Waals surface area contributed by atoms with Gasteiger partial charge in [-0.05, 0) is 47.7 Å². The lowest BCUT2D eigenvalue weighted by molar-refractivity contribution is 0.571. The first kappa shape index (κ1) is 16.0. The molecule has 0 bridgehead atoms. The molecule has 0 aliphatic heterocycles. The van der Waals surface area contributed by atoms with Crippen LogP contribution in [-0.4, -0.2) is 9.97 Å². The second kappa shape index (κ2) is 6.14. The summed E-state index contributed by atoms with van der Waals surface area (Å²) in [7, 11) is 0. The summed E-state index contributed by atoms with van der Waals surface area (Å²) in [6.45, 7) is 8.60. The van der Waals surface area contributed by atoms with Crippen LogP contribution in [0, 0.1) is 5.92 Å². The number of nitrogen functional groups attached to an aromatic ring is 1. The van der Waals surface area contributed by atoms with Gasteiger partial charge in [-0.25, -0.2) is 9.97 Å². The van der Waals surface area contributed by atoms with E-state index in [9.17, 15) is 0 Å². The van der Waals surface area contributed by atoms with E-state index in [1.807, 2.05) is 18.2 Å². The van der Waals surface area contributed by atoms with Gasteiger partial charge in [0.15, 0.2) is 0 Å². The Labute approximate surface area is 135 Å². The van der Waals surface area contributed by atoms with E-state index < -0.39 is 0 Å². The van der Waals surface area contributed by atoms with Crippen LogP contribution in [0.1, 0.15) is 44.8 Å². The summed E-state index contributed by atoms with van der Waals surface area (Å²) in [5.74, 6) is 1.80. The van der Waals surface area contributed by atoms with Crippen molar-refractivity contribution < 1.29 is 0 Å². The third-order valence-corrected chi connectivity index (χ3v) is 4.47. The van der Waals surface area contributed by atoms with E-state index in [0.717, 1.165) is 22.4 Å². The number of halogens is 1. The summed E-state index contributed by atoms with van der Waals surface area (Å²) in [4.78, 5) is 9.29. The Bertz CT molecular complexity index is 621. The lowest BCUT2D eigenvalue weighted by atomic mass is 9.83. The van der Waals surface area contributed by atoms with E-state index in [-0.39, 0.29) is 5.41 Å². The first-order valence-electron chi connectivity index (χ1n) is 7.20. The van der Waals surface area contributed by atoms with Crippen molar-refractivity contribution in [1.29, 1.82) is 0 Å². The highest BCUT2D eigenvalue weighted by atomic mass is 79.9. The van der Waals surface area contributed by atoms with Crippen LogP contribution in [0.5, 0.6) is 0 Å². The van der Waals surface area contributed by atoms with Crippen LogP contribution in [0.2, 0.25) is 0 Å². The largest absolute Gasteiger partial charge is 0.383 e. The summed E-state index contributed by atoms with van der Waals surface area (Å²) < 4.78 is 0.823. The highest BCUT2D eigenvalue weighted by Gasteiger charge is 2.28. The van der Waals surface area contributed by atoms with Gasteiger partial charge in [0.2, 0.25) is 0 Å². The molecule has 2 N–H and O–H groups in total. The van der Waals surface area contributed by atoms with Crippen LogP contribution in [0.4, 0.5) is 5.82 Å². The predicted octanol–water partition coefficient (Wildman–Crippen LogP) is 4.35. The van der Waals surface area contributed by atoms with E-state index in [4.69, 9.17) is 10.7 Å². The van der Waals surface area contributed by atoms with E-state index in [2.05, 4.69) is 60.7 Å². The molecule has 112 valence electrons. The Hall–Kier alpha value is -1.42. The average molecular weight is 348 g/mol. The molecular weight excluding hydrogens is 326 g/mol. The normalized spacial score (nSPS) is 11.9. The number of nitrogens with zero attached hydrogens (tertiary/aromatic N) is 2. The van der Waals surface area contributed by atoms with Crippen LogP contribution < -0.4 is 5.73 Å². The van der Waals surface area contributed by atoms with Crippen molar-refractivity contribution in [3.63, 3.8) is 0 Å². The Balaban J connectivity index is 2.51. The lowest BCUT2D eigenvalue weighted by Gasteiger charge is -2.25. The van der Waals surface area contributed by atoms with Crippen LogP contribution in [-0.2, 0) is 11.8 Å². The topological polar surface area (TPSA) is 51.8 Å². The zero-order valence-electron chi connectivity index (χ0n) is 13.0. The Morgan fingerprint density at radius 1 is 1.14 bits per heavy atom.